The lowest BCUT2D eigenvalue weighted by Gasteiger charge is -2.20. The zero-order valence-corrected chi connectivity index (χ0v) is 14.8. The van der Waals surface area contributed by atoms with Gasteiger partial charge in [0.1, 0.15) is 0 Å². The average Bonchev–Trinajstić information content (AvgIpc) is 3.25. The third-order valence-corrected chi connectivity index (χ3v) is 5.45. The number of ether oxygens (including phenoxy) is 1. The maximum atomic E-state index is 12.6. The highest BCUT2D eigenvalue weighted by atomic mass is 32.1. The minimum atomic E-state index is -0.00136. The van der Waals surface area contributed by atoms with Crippen molar-refractivity contribution in [1.29, 1.82) is 0 Å². The molecule has 4 nitrogen and oxygen atoms in total. The largest absolute Gasteiger partial charge is 0.376 e. The molecule has 2 atom stereocenters. The van der Waals surface area contributed by atoms with E-state index in [0.29, 0.717) is 0 Å². The van der Waals surface area contributed by atoms with Gasteiger partial charge in [-0.3, -0.25) is 4.79 Å². The Morgan fingerprint density at radius 2 is 2.35 bits per heavy atom. The van der Waals surface area contributed by atoms with Gasteiger partial charge in [0, 0.05) is 22.9 Å². The third-order valence-electron chi connectivity index (χ3n) is 4.59. The highest BCUT2D eigenvalue weighted by Gasteiger charge is 2.25. The van der Waals surface area contributed by atoms with E-state index in [9.17, 15) is 4.79 Å². The van der Waals surface area contributed by atoms with Crippen molar-refractivity contribution in [2.75, 3.05) is 6.61 Å². The highest BCUT2D eigenvalue weighted by Crippen LogP contribution is 2.20. The Morgan fingerprint density at radius 3 is 3.00 bits per heavy atom. The first-order chi connectivity index (χ1) is 11.1. The van der Waals surface area contributed by atoms with Gasteiger partial charge in [0.25, 0.3) is 5.91 Å². The summed E-state index contributed by atoms with van der Waals surface area (Å²) < 4.78 is 7.87. The molecule has 1 amide bonds. The SMILES string of the molecule is Cc1cc(C(=O)NC(C)C2CCCO2)c(C)n1Cc1cccs1. The van der Waals surface area contributed by atoms with Crippen LogP contribution in [-0.2, 0) is 11.3 Å². The lowest BCUT2D eigenvalue weighted by atomic mass is 10.1. The van der Waals surface area contributed by atoms with Crippen LogP contribution in [-0.4, -0.2) is 29.2 Å². The molecule has 2 unspecified atom stereocenters. The molecule has 3 rings (SSSR count). The number of carbonyl (C=O) groups excluding carboxylic acids is 1. The molecule has 5 heteroatoms. The first kappa shape index (κ1) is 16.3. The van der Waals surface area contributed by atoms with Crippen molar-refractivity contribution in [3.63, 3.8) is 0 Å². The summed E-state index contributed by atoms with van der Waals surface area (Å²) >= 11 is 1.74. The molecule has 0 aliphatic carbocycles. The summed E-state index contributed by atoms with van der Waals surface area (Å²) in [7, 11) is 0. The molecule has 0 saturated carbocycles. The maximum Gasteiger partial charge on any atom is 0.253 e. The first-order valence-electron chi connectivity index (χ1n) is 8.18. The maximum absolute atomic E-state index is 12.6. The summed E-state index contributed by atoms with van der Waals surface area (Å²) in [5.41, 5.74) is 2.91. The van der Waals surface area contributed by atoms with Crippen LogP contribution in [0.4, 0.5) is 0 Å². The predicted octanol–water partition coefficient (Wildman–Crippen LogP) is 3.51. The van der Waals surface area contributed by atoms with Gasteiger partial charge in [0.15, 0.2) is 0 Å². The second-order valence-electron chi connectivity index (χ2n) is 6.26. The van der Waals surface area contributed by atoms with E-state index >= 15 is 0 Å². The number of carbonyl (C=O) groups is 1. The molecule has 0 aromatic carbocycles. The van der Waals surface area contributed by atoms with E-state index in [1.165, 1.54) is 4.88 Å². The molecule has 1 N–H and O–H groups in total. The van der Waals surface area contributed by atoms with Crippen LogP contribution in [0.15, 0.2) is 23.6 Å². The Bertz CT molecular complexity index is 670. The van der Waals surface area contributed by atoms with E-state index in [-0.39, 0.29) is 18.1 Å². The van der Waals surface area contributed by atoms with Crippen LogP contribution in [0.3, 0.4) is 0 Å². The van der Waals surface area contributed by atoms with E-state index < -0.39 is 0 Å². The Kier molecular flexibility index (Phi) is 4.87. The molecule has 0 bridgehead atoms. The van der Waals surface area contributed by atoms with E-state index in [0.717, 1.165) is 42.9 Å². The topological polar surface area (TPSA) is 43.3 Å². The summed E-state index contributed by atoms with van der Waals surface area (Å²) in [6, 6.07) is 6.22. The molecule has 3 heterocycles. The van der Waals surface area contributed by atoms with Crippen LogP contribution in [0.25, 0.3) is 0 Å². The molecule has 2 aromatic rings. The van der Waals surface area contributed by atoms with Crippen molar-refractivity contribution >= 4 is 17.2 Å². The molecule has 0 spiro atoms. The van der Waals surface area contributed by atoms with Gasteiger partial charge in [-0.05, 0) is 51.1 Å². The van der Waals surface area contributed by atoms with Gasteiger partial charge in [-0.2, -0.15) is 0 Å². The summed E-state index contributed by atoms with van der Waals surface area (Å²) in [5.74, 6) is -0.00136. The van der Waals surface area contributed by atoms with Gasteiger partial charge >= 0.3 is 0 Å². The highest BCUT2D eigenvalue weighted by molar-refractivity contribution is 7.09. The summed E-state index contributed by atoms with van der Waals surface area (Å²) in [6.07, 6.45) is 2.26. The van der Waals surface area contributed by atoms with Crippen LogP contribution in [0.1, 0.15) is 46.4 Å². The van der Waals surface area contributed by atoms with E-state index in [4.69, 9.17) is 4.74 Å². The van der Waals surface area contributed by atoms with E-state index in [1.807, 2.05) is 19.9 Å². The van der Waals surface area contributed by atoms with E-state index in [2.05, 4.69) is 34.3 Å². The summed E-state index contributed by atoms with van der Waals surface area (Å²) in [4.78, 5) is 13.9. The number of hydrogen-bond donors (Lipinski definition) is 1. The Hall–Kier alpha value is -1.59. The predicted molar refractivity (Wildman–Crippen MR) is 93.2 cm³/mol. The molecule has 2 aromatic heterocycles. The summed E-state index contributed by atoms with van der Waals surface area (Å²) in [6.45, 7) is 7.73. The number of nitrogens with zero attached hydrogens (tertiary/aromatic N) is 1. The Balaban J connectivity index is 1.73. The fourth-order valence-electron chi connectivity index (χ4n) is 3.21. The zero-order chi connectivity index (χ0) is 16.4. The molecule has 1 saturated heterocycles. The Labute approximate surface area is 141 Å². The van der Waals surface area contributed by atoms with Crippen LogP contribution in [0, 0.1) is 13.8 Å². The molecule has 0 radical (unpaired) electrons. The van der Waals surface area contributed by atoms with Gasteiger partial charge in [0.2, 0.25) is 0 Å². The lowest BCUT2D eigenvalue weighted by molar-refractivity contribution is 0.0712. The molecule has 23 heavy (non-hydrogen) atoms. The molecule has 1 aliphatic heterocycles. The molecule has 124 valence electrons. The van der Waals surface area contributed by atoms with Gasteiger partial charge in [0.05, 0.1) is 24.3 Å². The number of thiophene rings is 1. The van der Waals surface area contributed by atoms with Crippen LogP contribution < -0.4 is 5.32 Å². The second kappa shape index (κ2) is 6.89. The minimum Gasteiger partial charge on any atom is -0.376 e. The van der Waals surface area contributed by atoms with Crippen LogP contribution in [0.2, 0.25) is 0 Å². The van der Waals surface area contributed by atoms with Gasteiger partial charge in [-0.15, -0.1) is 11.3 Å². The van der Waals surface area contributed by atoms with Crippen molar-refractivity contribution in [3.8, 4) is 0 Å². The quantitative estimate of drug-likeness (QED) is 0.910. The number of amides is 1. The van der Waals surface area contributed by atoms with Crippen molar-refractivity contribution in [2.45, 2.75) is 52.3 Å². The van der Waals surface area contributed by atoms with E-state index in [1.54, 1.807) is 11.3 Å². The monoisotopic (exact) mass is 332 g/mol. The standard InChI is InChI=1S/C18H24N2O2S/c1-12-10-16(14(3)20(12)11-15-6-5-9-23-15)18(21)19-13(2)17-7-4-8-22-17/h5-6,9-10,13,17H,4,7-8,11H2,1-3H3,(H,19,21). The van der Waals surface area contributed by atoms with Crippen LogP contribution >= 0.6 is 11.3 Å². The fourth-order valence-corrected chi connectivity index (χ4v) is 3.90. The molecule has 1 fully saturated rings. The molecule has 1 aliphatic rings. The molecular weight excluding hydrogens is 308 g/mol. The van der Waals surface area contributed by atoms with Crippen LogP contribution in [0.5, 0.6) is 0 Å². The van der Waals surface area contributed by atoms with Crippen molar-refractivity contribution in [3.05, 3.63) is 45.4 Å². The first-order valence-corrected chi connectivity index (χ1v) is 9.06. The number of rotatable bonds is 5. The van der Waals surface area contributed by atoms with Gasteiger partial charge in [-0.25, -0.2) is 0 Å². The third kappa shape index (κ3) is 3.51. The molecular formula is C18H24N2O2S. The van der Waals surface area contributed by atoms with Crippen molar-refractivity contribution < 1.29 is 9.53 Å². The zero-order valence-electron chi connectivity index (χ0n) is 14.0. The number of aromatic nitrogens is 1. The Morgan fingerprint density at radius 1 is 1.52 bits per heavy atom. The average molecular weight is 332 g/mol. The smallest absolute Gasteiger partial charge is 0.253 e. The van der Waals surface area contributed by atoms with Gasteiger partial charge < -0.3 is 14.6 Å². The number of hydrogen-bond acceptors (Lipinski definition) is 3. The lowest BCUT2D eigenvalue weighted by Crippen LogP contribution is -2.41. The minimum absolute atomic E-state index is 0.00136. The number of nitrogens with one attached hydrogen (secondary N) is 1. The van der Waals surface area contributed by atoms with Crippen molar-refractivity contribution in [1.82, 2.24) is 9.88 Å². The second-order valence-corrected chi connectivity index (χ2v) is 7.30. The van der Waals surface area contributed by atoms with Crippen molar-refractivity contribution in [2.24, 2.45) is 0 Å². The van der Waals surface area contributed by atoms with Gasteiger partial charge in [-0.1, -0.05) is 6.07 Å². The fraction of sp³-hybridized carbons (Fsp3) is 0.500. The normalized spacial score (nSPS) is 19.0. The number of aryl methyl sites for hydroxylation is 1. The summed E-state index contributed by atoms with van der Waals surface area (Å²) in [5, 5.41) is 5.19.